The molecule has 2 N–H and O–H groups in total. The number of aromatic carboxylic acids is 1. The van der Waals surface area contributed by atoms with E-state index < -0.39 is 5.97 Å². The van der Waals surface area contributed by atoms with E-state index >= 15 is 0 Å². The Kier molecular flexibility index (Phi) is 5.26. The smallest absolute Gasteiger partial charge is 0.337 e. The molecule has 5 nitrogen and oxygen atoms in total. The number of aryl methyl sites for hydroxylation is 1. The van der Waals surface area contributed by atoms with Crippen LogP contribution in [0.25, 0.3) is 0 Å². The molecule has 5 heteroatoms. The largest absolute Gasteiger partial charge is 0.478 e. The zero-order valence-corrected chi connectivity index (χ0v) is 15.2. The number of hydrogen-bond acceptors (Lipinski definition) is 3. The van der Waals surface area contributed by atoms with Crippen LogP contribution in [0.2, 0.25) is 0 Å². The van der Waals surface area contributed by atoms with Gasteiger partial charge in [-0.25, -0.2) is 4.79 Å². The van der Waals surface area contributed by atoms with Crippen LogP contribution in [-0.2, 0) is 0 Å². The third-order valence-electron chi connectivity index (χ3n) is 4.78. The van der Waals surface area contributed by atoms with Crippen molar-refractivity contribution in [2.45, 2.75) is 26.7 Å². The van der Waals surface area contributed by atoms with Gasteiger partial charge < -0.3 is 15.3 Å². The number of rotatable bonds is 4. The summed E-state index contributed by atoms with van der Waals surface area (Å²) in [6, 6.07) is 12.4. The van der Waals surface area contributed by atoms with E-state index in [1.807, 2.05) is 25.1 Å². The van der Waals surface area contributed by atoms with Crippen LogP contribution in [0.5, 0.6) is 0 Å². The SMILES string of the molecule is Cc1cccc(C(=O)Nc2ccc(N3CCCC(C)C3)cc2C(=O)O)c1. The summed E-state index contributed by atoms with van der Waals surface area (Å²) in [5.41, 5.74) is 2.81. The third kappa shape index (κ3) is 4.04. The standard InChI is InChI=1S/C21H24N2O3/c1-14-5-3-7-16(11-14)20(24)22-19-9-8-17(12-18(19)21(25)26)23-10-4-6-15(2)13-23/h3,5,7-9,11-12,15H,4,6,10,13H2,1-2H3,(H,22,24)(H,25,26). The Bertz CT molecular complexity index is 832. The topological polar surface area (TPSA) is 69.6 Å². The Morgan fingerprint density at radius 2 is 2.00 bits per heavy atom. The zero-order valence-electron chi connectivity index (χ0n) is 15.2. The first-order valence-corrected chi connectivity index (χ1v) is 8.94. The molecule has 1 unspecified atom stereocenters. The Balaban J connectivity index is 1.85. The first kappa shape index (κ1) is 18.0. The number of piperidine rings is 1. The van der Waals surface area contributed by atoms with E-state index in [0.29, 0.717) is 17.2 Å². The predicted molar refractivity (Wildman–Crippen MR) is 103 cm³/mol. The highest BCUT2D eigenvalue weighted by Gasteiger charge is 2.20. The summed E-state index contributed by atoms with van der Waals surface area (Å²) in [4.78, 5) is 26.4. The third-order valence-corrected chi connectivity index (χ3v) is 4.78. The maximum Gasteiger partial charge on any atom is 0.337 e. The molecule has 0 radical (unpaired) electrons. The number of carbonyl (C=O) groups is 2. The van der Waals surface area contributed by atoms with Gasteiger partial charge in [-0.05, 0) is 56.0 Å². The summed E-state index contributed by atoms with van der Waals surface area (Å²) in [7, 11) is 0. The minimum Gasteiger partial charge on any atom is -0.478 e. The molecule has 3 rings (SSSR count). The van der Waals surface area contributed by atoms with E-state index in [0.717, 1.165) is 30.8 Å². The van der Waals surface area contributed by atoms with Crippen molar-refractivity contribution in [1.29, 1.82) is 0 Å². The number of hydrogen-bond donors (Lipinski definition) is 2. The highest BCUT2D eigenvalue weighted by Crippen LogP contribution is 2.27. The second-order valence-electron chi connectivity index (χ2n) is 7.05. The summed E-state index contributed by atoms with van der Waals surface area (Å²) in [5, 5.41) is 12.3. The minimum atomic E-state index is -1.04. The summed E-state index contributed by atoms with van der Waals surface area (Å²) in [5.74, 6) is -0.760. The molecule has 1 aliphatic heterocycles. The van der Waals surface area contributed by atoms with Crippen LogP contribution >= 0.6 is 0 Å². The summed E-state index contributed by atoms with van der Waals surface area (Å²) < 4.78 is 0. The van der Waals surface area contributed by atoms with Crippen LogP contribution in [0, 0.1) is 12.8 Å². The van der Waals surface area contributed by atoms with Crippen molar-refractivity contribution in [2.24, 2.45) is 5.92 Å². The molecule has 0 spiro atoms. The number of anilines is 2. The number of nitrogens with one attached hydrogen (secondary N) is 1. The molecule has 0 aromatic heterocycles. The second kappa shape index (κ2) is 7.60. The molecule has 136 valence electrons. The van der Waals surface area contributed by atoms with Gasteiger partial charge in [0, 0.05) is 24.3 Å². The monoisotopic (exact) mass is 352 g/mol. The van der Waals surface area contributed by atoms with Crippen LogP contribution < -0.4 is 10.2 Å². The van der Waals surface area contributed by atoms with Crippen LogP contribution in [0.4, 0.5) is 11.4 Å². The quantitative estimate of drug-likeness (QED) is 0.866. The lowest BCUT2D eigenvalue weighted by atomic mass is 9.99. The van der Waals surface area contributed by atoms with E-state index in [1.54, 1.807) is 24.3 Å². The van der Waals surface area contributed by atoms with Gasteiger partial charge in [-0.2, -0.15) is 0 Å². The molecule has 1 aliphatic rings. The van der Waals surface area contributed by atoms with E-state index in [4.69, 9.17) is 0 Å². The van der Waals surface area contributed by atoms with Crippen molar-refractivity contribution < 1.29 is 14.7 Å². The molecule has 1 atom stereocenters. The van der Waals surface area contributed by atoms with Gasteiger partial charge in [-0.1, -0.05) is 24.6 Å². The molecule has 2 aromatic rings. The van der Waals surface area contributed by atoms with Crippen LogP contribution in [0.1, 0.15) is 46.0 Å². The molecule has 26 heavy (non-hydrogen) atoms. The molecule has 0 bridgehead atoms. The van der Waals surface area contributed by atoms with Crippen molar-refractivity contribution in [2.75, 3.05) is 23.3 Å². The fourth-order valence-electron chi connectivity index (χ4n) is 3.42. The van der Waals surface area contributed by atoms with Crippen molar-refractivity contribution >= 4 is 23.3 Å². The van der Waals surface area contributed by atoms with Gasteiger partial charge in [0.1, 0.15) is 0 Å². The van der Waals surface area contributed by atoms with Crippen molar-refractivity contribution in [3.63, 3.8) is 0 Å². The van der Waals surface area contributed by atoms with Crippen molar-refractivity contribution in [3.8, 4) is 0 Å². The molecular weight excluding hydrogens is 328 g/mol. The summed E-state index contributed by atoms with van der Waals surface area (Å²) in [6.45, 7) is 5.97. The Hall–Kier alpha value is -2.82. The average Bonchev–Trinajstić information content (AvgIpc) is 2.61. The van der Waals surface area contributed by atoms with E-state index in [-0.39, 0.29) is 11.5 Å². The molecule has 1 heterocycles. The maximum atomic E-state index is 12.5. The normalized spacial score (nSPS) is 17.0. The van der Waals surface area contributed by atoms with Crippen molar-refractivity contribution in [3.05, 3.63) is 59.2 Å². The number of carboxylic acid groups (broad SMARTS) is 1. The Labute approximate surface area is 153 Å². The maximum absolute atomic E-state index is 12.5. The van der Waals surface area contributed by atoms with E-state index in [1.165, 1.54) is 6.42 Å². The fraction of sp³-hybridized carbons (Fsp3) is 0.333. The molecule has 1 saturated heterocycles. The molecule has 1 fully saturated rings. The predicted octanol–water partition coefficient (Wildman–Crippen LogP) is 4.18. The lowest BCUT2D eigenvalue weighted by molar-refractivity contribution is 0.0698. The van der Waals surface area contributed by atoms with E-state index in [9.17, 15) is 14.7 Å². The van der Waals surface area contributed by atoms with Crippen LogP contribution in [0.15, 0.2) is 42.5 Å². The van der Waals surface area contributed by atoms with Gasteiger partial charge in [-0.3, -0.25) is 4.79 Å². The number of amides is 1. The number of carboxylic acids is 1. The average molecular weight is 352 g/mol. The molecule has 0 aliphatic carbocycles. The van der Waals surface area contributed by atoms with E-state index in [2.05, 4.69) is 17.1 Å². The van der Waals surface area contributed by atoms with Gasteiger partial charge in [0.15, 0.2) is 0 Å². The molecular formula is C21H24N2O3. The van der Waals surface area contributed by atoms with Gasteiger partial charge in [0.05, 0.1) is 11.3 Å². The number of carbonyl (C=O) groups excluding carboxylic acids is 1. The Morgan fingerprint density at radius 3 is 2.69 bits per heavy atom. The Morgan fingerprint density at radius 1 is 1.19 bits per heavy atom. The highest BCUT2D eigenvalue weighted by molar-refractivity contribution is 6.08. The summed E-state index contributed by atoms with van der Waals surface area (Å²) >= 11 is 0. The molecule has 2 aromatic carbocycles. The first-order chi connectivity index (χ1) is 12.4. The minimum absolute atomic E-state index is 0.113. The molecule has 1 amide bonds. The fourth-order valence-corrected chi connectivity index (χ4v) is 3.42. The van der Waals surface area contributed by atoms with Gasteiger partial charge in [0.25, 0.3) is 5.91 Å². The van der Waals surface area contributed by atoms with Crippen LogP contribution in [-0.4, -0.2) is 30.1 Å². The number of benzene rings is 2. The first-order valence-electron chi connectivity index (χ1n) is 8.94. The van der Waals surface area contributed by atoms with Gasteiger partial charge in [-0.15, -0.1) is 0 Å². The van der Waals surface area contributed by atoms with Crippen LogP contribution in [0.3, 0.4) is 0 Å². The van der Waals surface area contributed by atoms with Gasteiger partial charge in [0.2, 0.25) is 0 Å². The number of nitrogens with zero attached hydrogens (tertiary/aromatic N) is 1. The zero-order chi connectivity index (χ0) is 18.7. The lowest BCUT2D eigenvalue weighted by Crippen LogP contribution is -2.34. The summed E-state index contributed by atoms with van der Waals surface area (Å²) in [6.07, 6.45) is 2.31. The molecule has 0 saturated carbocycles. The van der Waals surface area contributed by atoms with Crippen molar-refractivity contribution in [1.82, 2.24) is 0 Å². The second-order valence-corrected chi connectivity index (χ2v) is 7.05. The van der Waals surface area contributed by atoms with Gasteiger partial charge >= 0.3 is 5.97 Å². The lowest BCUT2D eigenvalue weighted by Gasteiger charge is -2.33. The highest BCUT2D eigenvalue weighted by atomic mass is 16.4.